The standard InChI is InChI=1S/C12H13N3S/c1-8-11(16-12-13-6-7-14-12)9-4-2-3-5-10(9)15-8/h2-5,15H,6-7H2,1H3,(H,13,14). The van der Waals surface area contributed by atoms with E-state index >= 15 is 0 Å². The van der Waals surface area contributed by atoms with E-state index in [0.29, 0.717) is 0 Å². The maximum absolute atomic E-state index is 4.41. The number of aromatic nitrogens is 1. The topological polar surface area (TPSA) is 40.2 Å². The molecular formula is C12H13N3S. The van der Waals surface area contributed by atoms with Crippen LogP contribution in [0.1, 0.15) is 5.69 Å². The number of benzene rings is 1. The molecule has 1 aliphatic heterocycles. The highest BCUT2D eigenvalue weighted by atomic mass is 32.2. The number of fused-ring (bicyclic) bond motifs is 1. The first-order chi connectivity index (χ1) is 7.84. The van der Waals surface area contributed by atoms with E-state index in [2.05, 4.69) is 46.5 Å². The van der Waals surface area contributed by atoms with Gasteiger partial charge in [0.2, 0.25) is 0 Å². The average Bonchev–Trinajstić information content (AvgIpc) is 2.89. The number of rotatable bonds is 1. The first-order valence-corrected chi connectivity index (χ1v) is 6.20. The lowest BCUT2D eigenvalue weighted by molar-refractivity contribution is 0.963. The second-order valence-corrected chi connectivity index (χ2v) is 4.84. The van der Waals surface area contributed by atoms with Crippen LogP contribution in [0.3, 0.4) is 0 Å². The molecule has 82 valence electrons. The Labute approximate surface area is 98.3 Å². The summed E-state index contributed by atoms with van der Waals surface area (Å²) in [4.78, 5) is 9.09. The number of aromatic amines is 1. The van der Waals surface area contributed by atoms with Gasteiger partial charge in [-0.05, 0) is 13.0 Å². The molecule has 0 spiro atoms. The Morgan fingerprint density at radius 2 is 2.19 bits per heavy atom. The Balaban J connectivity index is 2.04. The van der Waals surface area contributed by atoms with Gasteiger partial charge >= 0.3 is 0 Å². The third-order valence-electron chi connectivity index (χ3n) is 2.68. The number of aryl methyl sites for hydroxylation is 1. The van der Waals surface area contributed by atoms with E-state index in [9.17, 15) is 0 Å². The molecule has 16 heavy (non-hydrogen) atoms. The molecule has 1 aliphatic rings. The van der Waals surface area contributed by atoms with Crippen LogP contribution in [0.5, 0.6) is 0 Å². The lowest BCUT2D eigenvalue weighted by atomic mass is 10.2. The van der Waals surface area contributed by atoms with E-state index in [0.717, 1.165) is 18.3 Å². The van der Waals surface area contributed by atoms with Crippen molar-refractivity contribution in [3.05, 3.63) is 30.0 Å². The van der Waals surface area contributed by atoms with Gasteiger partial charge in [-0.25, -0.2) is 0 Å². The van der Waals surface area contributed by atoms with Gasteiger partial charge < -0.3 is 10.3 Å². The fourth-order valence-corrected chi connectivity index (χ4v) is 2.94. The van der Waals surface area contributed by atoms with Crippen LogP contribution in [0.15, 0.2) is 34.2 Å². The fourth-order valence-electron chi connectivity index (χ4n) is 1.92. The minimum Gasteiger partial charge on any atom is -0.363 e. The van der Waals surface area contributed by atoms with Gasteiger partial charge in [0.25, 0.3) is 0 Å². The van der Waals surface area contributed by atoms with Crippen molar-refractivity contribution in [2.75, 3.05) is 13.1 Å². The highest BCUT2D eigenvalue weighted by Crippen LogP contribution is 2.31. The zero-order valence-electron chi connectivity index (χ0n) is 9.08. The maximum atomic E-state index is 4.41. The molecule has 2 heterocycles. The predicted molar refractivity (Wildman–Crippen MR) is 69.2 cm³/mol. The number of para-hydroxylation sites is 1. The number of nitrogens with one attached hydrogen (secondary N) is 2. The molecule has 3 rings (SSSR count). The van der Waals surface area contributed by atoms with Crippen molar-refractivity contribution < 1.29 is 0 Å². The Morgan fingerprint density at radius 3 is 3.00 bits per heavy atom. The first-order valence-electron chi connectivity index (χ1n) is 5.38. The summed E-state index contributed by atoms with van der Waals surface area (Å²) in [5, 5.41) is 5.60. The summed E-state index contributed by atoms with van der Waals surface area (Å²) >= 11 is 1.72. The summed E-state index contributed by atoms with van der Waals surface area (Å²) in [6.45, 7) is 3.96. The molecule has 1 aromatic heterocycles. The fraction of sp³-hybridized carbons (Fsp3) is 0.250. The summed E-state index contributed by atoms with van der Waals surface area (Å²) in [7, 11) is 0. The van der Waals surface area contributed by atoms with Gasteiger partial charge in [-0.2, -0.15) is 0 Å². The SMILES string of the molecule is Cc1[nH]c2ccccc2c1SC1=NCCN1. The molecule has 0 amide bonds. The van der Waals surface area contributed by atoms with Crippen LogP contribution in [0.4, 0.5) is 0 Å². The van der Waals surface area contributed by atoms with Crippen LogP contribution in [0.2, 0.25) is 0 Å². The van der Waals surface area contributed by atoms with E-state index < -0.39 is 0 Å². The van der Waals surface area contributed by atoms with Crippen molar-refractivity contribution in [2.24, 2.45) is 4.99 Å². The average molecular weight is 231 g/mol. The lowest BCUT2D eigenvalue weighted by Gasteiger charge is -2.01. The molecule has 0 atom stereocenters. The Morgan fingerprint density at radius 1 is 1.31 bits per heavy atom. The predicted octanol–water partition coefficient (Wildman–Crippen LogP) is 2.53. The second kappa shape index (κ2) is 3.87. The monoisotopic (exact) mass is 231 g/mol. The second-order valence-electron chi connectivity index (χ2n) is 3.84. The highest BCUT2D eigenvalue weighted by Gasteiger charge is 2.13. The van der Waals surface area contributed by atoms with Crippen LogP contribution < -0.4 is 5.32 Å². The number of nitrogens with zero attached hydrogens (tertiary/aromatic N) is 1. The van der Waals surface area contributed by atoms with Crippen LogP contribution in [-0.4, -0.2) is 23.2 Å². The van der Waals surface area contributed by atoms with Crippen molar-refractivity contribution in [3.8, 4) is 0 Å². The van der Waals surface area contributed by atoms with E-state index in [1.165, 1.54) is 21.5 Å². The van der Waals surface area contributed by atoms with Crippen LogP contribution >= 0.6 is 11.8 Å². The highest BCUT2D eigenvalue weighted by molar-refractivity contribution is 8.14. The molecule has 2 aromatic rings. The summed E-state index contributed by atoms with van der Waals surface area (Å²) in [6, 6.07) is 8.38. The molecule has 0 saturated carbocycles. The number of hydrogen-bond acceptors (Lipinski definition) is 3. The van der Waals surface area contributed by atoms with Gasteiger partial charge in [-0.1, -0.05) is 30.0 Å². The number of amidine groups is 1. The van der Waals surface area contributed by atoms with Crippen LogP contribution in [0, 0.1) is 6.92 Å². The maximum Gasteiger partial charge on any atom is 0.161 e. The zero-order valence-corrected chi connectivity index (χ0v) is 9.90. The molecule has 0 unspecified atom stereocenters. The summed E-state index contributed by atoms with van der Waals surface area (Å²) < 4.78 is 0. The van der Waals surface area contributed by atoms with Crippen LogP contribution in [-0.2, 0) is 0 Å². The molecule has 0 bridgehead atoms. The van der Waals surface area contributed by atoms with Gasteiger partial charge in [0, 0.05) is 28.0 Å². The van der Waals surface area contributed by atoms with Gasteiger partial charge in [-0.3, -0.25) is 4.99 Å². The molecule has 0 saturated heterocycles. The van der Waals surface area contributed by atoms with Crippen LogP contribution in [0.25, 0.3) is 10.9 Å². The molecular weight excluding hydrogens is 218 g/mol. The third-order valence-corrected chi connectivity index (χ3v) is 3.87. The zero-order chi connectivity index (χ0) is 11.0. The van der Waals surface area contributed by atoms with Gasteiger partial charge in [0.05, 0.1) is 6.54 Å². The van der Waals surface area contributed by atoms with E-state index in [1.807, 2.05) is 0 Å². The van der Waals surface area contributed by atoms with Crippen molar-refractivity contribution in [3.63, 3.8) is 0 Å². The summed E-state index contributed by atoms with van der Waals surface area (Å²) in [5.74, 6) is 0. The minimum absolute atomic E-state index is 0.893. The lowest BCUT2D eigenvalue weighted by Crippen LogP contribution is -2.14. The number of aliphatic imine (C=N–C) groups is 1. The van der Waals surface area contributed by atoms with Crippen molar-refractivity contribution in [1.82, 2.24) is 10.3 Å². The summed E-state index contributed by atoms with van der Waals surface area (Å²) in [5.41, 5.74) is 2.41. The smallest absolute Gasteiger partial charge is 0.161 e. The van der Waals surface area contributed by atoms with Crippen molar-refractivity contribution >= 4 is 27.8 Å². The van der Waals surface area contributed by atoms with Crippen molar-refractivity contribution in [2.45, 2.75) is 11.8 Å². The normalized spacial score (nSPS) is 15.2. The largest absolute Gasteiger partial charge is 0.363 e. The Kier molecular flexibility index (Phi) is 2.36. The molecule has 0 fully saturated rings. The van der Waals surface area contributed by atoms with Crippen molar-refractivity contribution in [1.29, 1.82) is 0 Å². The molecule has 4 heteroatoms. The van der Waals surface area contributed by atoms with Gasteiger partial charge in [-0.15, -0.1) is 0 Å². The van der Waals surface area contributed by atoms with Gasteiger partial charge in [0.15, 0.2) is 5.17 Å². The Bertz CT molecular complexity index is 556. The number of H-pyrrole nitrogens is 1. The molecule has 0 radical (unpaired) electrons. The molecule has 3 nitrogen and oxygen atoms in total. The van der Waals surface area contributed by atoms with Gasteiger partial charge in [0.1, 0.15) is 0 Å². The molecule has 0 aliphatic carbocycles. The van der Waals surface area contributed by atoms with E-state index in [4.69, 9.17) is 0 Å². The van der Waals surface area contributed by atoms with E-state index in [1.54, 1.807) is 11.8 Å². The molecule has 2 N–H and O–H groups in total. The number of hydrogen-bond donors (Lipinski definition) is 2. The molecule has 1 aromatic carbocycles. The Hall–Kier alpha value is -1.42. The number of thioether (sulfide) groups is 1. The minimum atomic E-state index is 0.893. The third kappa shape index (κ3) is 1.59. The summed E-state index contributed by atoms with van der Waals surface area (Å²) in [6.07, 6.45) is 0. The first kappa shape index (κ1) is 9.78. The quantitative estimate of drug-likeness (QED) is 0.791. The van der Waals surface area contributed by atoms with E-state index in [-0.39, 0.29) is 0 Å².